The Morgan fingerprint density at radius 2 is 1.79 bits per heavy atom. The maximum atomic E-state index is 12.2. The maximum Gasteiger partial charge on any atom is 0.573 e. The largest absolute Gasteiger partial charge is 0.573 e. The Kier molecular flexibility index (Phi) is 6.71. The molecular weight excluding hydrogens is 403 g/mol. The molecule has 3 rings (SSSR count). The number of carbonyl (C=O) groups excluding carboxylic acids is 1. The summed E-state index contributed by atoms with van der Waals surface area (Å²) in [5, 5.41) is 8.16. The molecule has 1 amide bonds. The topological polar surface area (TPSA) is 63.2 Å². The summed E-state index contributed by atoms with van der Waals surface area (Å²) in [6.45, 7) is 0.546. The number of alkyl halides is 3. The Labute approximate surface area is 169 Å². The lowest BCUT2D eigenvalue weighted by atomic mass is 10.1. The summed E-state index contributed by atoms with van der Waals surface area (Å²) in [4.78, 5) is 16.4. The highest BCUT2D eigenvalue weighted by molar-refractivity contribution is 7.13. The third-order valence-corrected chi connectivity index (χ3v) is 4.62. The molecule has 0 atom stereocenters. The lowest BCUT2D eigenvalue weighted by Gasteiger charge is -2.09. The van der Waals surface area contributed by atoms with Crippen molar-refractivity contribution in [1.82, 2.24) is 10.3 Å². The highest BCUT2D eigenvalue weighted by Gasteiger charge is 2.30. The van der Waals surface area contributed by atoms with Crippen molar-refractivity contribution < 1.29 is 22.7 Å². The molecule has 0 aliphatic carbocycles. The van der Waals surface area contributed by atoms with Gasteiger partial charge in [0.05, 0.1) is 12.1 Å². The van der Waals surface area contributed by atoms with E-state index in [9.17, 15) is 18.0 Å². The van der Waals surface area contributed by atoms with Crippen LogP contribution in [-0.2, 0) is 17.6 Å². The molecule has 0 unspecified atom stereocenters. The average Bonchev–Trinajstić information content (AvgIpc) is 3.10. The Morgan fingerprint density at radius 1 is 1.07 bits per heavy atom. The fraction of sp³-hybridized carbons (Fsp3) is 0.200. The van der Waals surface area contributed by atoms with Crippen LogP contribution in [0.3, 0.4) is 0 Å². The normalized spacial score (nSPS) is 11.1. The monoisotopic (exact) mass is 421 g/mol. The fourth-order valence-corrected chi connectivity index (χ4v) is 3.26. The molecule has 0 aliphatic rings. The number of rotatable bonds is 8. The Bertz CT molecular complexity index is 928. The minimum Gasteiger partial charge on any atom is -0.406 e. The zero-order valence-corrected chi connectivity index (χ0v) is 16.0. The number of halogens is 3. The zero-order chi connectivity index (χ0) is 20.7. The molecule has 2 aromatic carbocycles. The van der Waals surface area contributed by atoms with Crippen LogP contribution in [0.4, 0.5) is 24.0 Å². The van der Waals surface area contributed by atoms with Crippen molar-refractivity contribution in [3.8, 4) is 5.75 Å². The van der Waals surface area contributed by atoms with E-state index in [-0.39, 0.29) is 18.1 Å². The molecule has 29 heavy (non-hydrogen) atoms. The molecule has 1 heterocycles. The van der Waals surface area contributed by atoms with Gasteiger partial charge in [-0.1, -0.05) is 30.3 Å². The van der Waals surface area contributed by atoms with E-state index in [4.69, 9.17) is 0 Å². The van der Waals surface area contributed by atoms with Gasteiger partial charge < -0.3 is 15.4 Å². The summed E-state index contributed by atoms with van der Waals surface area (Å²) in [5.41, 5.74) is 2.33. The van der Waals surface area contributed by atoms with Crippen LogP contribution < -0.4 is 15.4 Å². The number of benzene rings is 2. The third kappa shape index (κ3) is 7.11. The van der Waals surface area contributed by atoms with Gasteiger partial charge in [-0.05, 0) is 36.2 Å². The second-order valence-electron chi connectivity index (χ2n) is 6.10. The SMILES string of the molecule is O=C(Cc1csc(Nc2ccc(OC(F)(F)F)cc2)n1)NCCc1ccccc1. The Morgan fingerprint density at radius 3 is 2.48 bits per heavy atom. The Balaban J connectivity index is 1.45. The van der Waals surface area contributed by atoms with Gasteiger partial charge in [0, 0.05) is 17.6 Å². The third-order valence-electron chi connectivity index (χ3n) is 3.81. The lowest BCUT2D eigenvalue weighted by molar-refractivity contribution is -0.274. The van der Waals surface area contributed by atoms with Gasteiger partial charge in [-0.15, -0.1) is 24.5 Å². The van der Waals surface area contributed by atoms with Crippen molar-refractivity contribution in [2.45, 2.75) is 19.2 Å². The van der Waals surface area contributed by atoms with E-state index in [0.717, 1.165) is 12.0 Å². The molecule has 5 nitrogen and oxygen atoms in total. The van der Waals surface area contributed by atoms with Crippen LogP contribution in [0.1, 0.15) is 11.3 Å². The van der Waals surface area contributed by atoms with Gasteiger partial charge in [-0.25, -0.2) is 4.98 Å². The number of thiazole rings is 1. The summed E-state index contributed by atoms with van der Waals surface area (Å²) in [7, 11) is 0. The molecule has 9 heteroatoms. The number of nitrogens with zero attached hydrogens (tertiary/aromatic N) is 1. The van der Waals surface area contributed by atoms with Crippen molar-refractivity contribution in [3.63, 3.8) is 0 Å². The standard InChI is InChI=1S/C20H18F3N3O2S/c21-20(22,23)28-17-8-6-15(7-9-17)25-19-26-16(13-29-19)12-18(27)24-11-10-14-4-2-1-3-5-14/h1-9,13H,10-12H2,(H,24,27)(H,25,26). The molecule has 0 fully saturated rings. The van der Waals surface area contributed by atoms with Crippen molar-refractivity contribution >= 4 is 28.1 Å². The van der Waals surface area contributed by atoms with E-state index in [2.05, 4.69) is 20.4 Å². The second-order valence-corrected chi connectivity index (χ2v) is 6.96. The summed E-state index contributed by atoms with van der Waals surface area (Å²) >= 11 is 1.31. The van der Waals surface area contributed by atoms with E-state index < -0.39 is 6.36 Å². The van der Waals surface area contributed by atoms with Gasteiger partial charge in [0.1, 0.15) is 5.75 Å². The summed E-state index contributed by atoms with van der Waals surface area (Å²) < 4.78 is 40.4. The molecule has 3 aromatic rings. The first-order valence-electron chi connectivity index (χ1n) is 8.75. The number of amides is 1. The first-order chi connectivity index (χ1) is 13.9. The van der Waals surface area contributed by atoms with Gasteiger partial charge in [-0.2, -0.15) is 0 Å². The van der Waals surface area contributed by atoms with Crippen LogP contribution >= 0.6 is 11.3 Å². The number of nitrogens with one attached hydrogen (secondary N) is 2. The minimum absolute atomic E-state index is 0.119. The summed E-state index contributed by atoms with van der Waals surface area (Å²) in [6, 6.07) is 15.2. The maximum absolute atomic E-state index is 12.2. The number of carbonyl (C=O) groups is 1. The molecule has 0 saturated carbocycles. The predicted molar refractivity (Wildman–Crippen MR) is 105 cm³/mol. The molecule has 0 saturated heterocycles. The molecule has 2 N–H and O–H groups in total. The summed E-state index contributed by atoms with van der Waals surface area (Å²) in [5.74, 6) is -0.415. The minimum atomic E-state index is -4.72. The van der Waals surface area contributed by atoms with Crippen LogP contribution in [0.2, 0.25) is 0 Å². The van der Waals surface area contributed by atoms with Crippen molar-refractivity contribution in [3.05, 3.63) is 71.2 Å². The van der Waals surface area contributed by atoms with Crippen LogP contribution in [0, 0.1) is 0 Å². The quantitative estimate of drug-likeness (QED) is 0.554. The number of hydrogen-bond donors (Lipinski definition) is 2. The highest BCUT2D eigenvalue weighted by atomic mass is 32.1. The van der Waals surface area contributed by atoms with E-state index in [1.807, 2.05) is 30.3 Å². The van der Waals surface area contributed by atoms with Gasteiger partial charge in [0.2, 0.25) is 5.91 Å². The first kappa shape index (κ1) is 20.7. The highest BCUT2D eigenvalue weighted by Crippen LogP contribution is 2.26. The van der Waals surface area contributed by atoms with E-state index >= 15 is 0 Å². The number of anilines is 2. The van der Waals surface area contributed by atoms with Gasteiger partial charge in [-0.3, -0.25) is 4.79 Å². The van der Waals surface area contributed by atoms with Crippen LogP contribution in [-0.4, -0.2) is 23.8 Å². The van der Waals surface area contributed by atoms with Crippen molar-refractivity contribution in [2.24, 2.45) is 0 Å². The molecule has 0 bridgehead atoms. The second kappa shape index (κ2) is 9.42. The van der Waals surface area contributed by atoms with Gasteiger partial charge in [0.15, 0.2) is 5.13 Å². The predicted octanol–water partition coefficient (Wildman–Crippen LogP) is 4.69. The van der Waals surface area contributed by atoms with E-state index in [1.54, 1.807) is 5.38 Å². The smallest absolute Gasteiger partial charge is 0.406 e. The molecule has 1 aromatic heterocycles. The van der Waals surface area contributed by atoms with Gasteiger partial charge >= 0.3 is 6.36 Å². The van der Waals surface area contributed by atoms with Crippen LogP contribution in [0.5, 0.6) is 5.75 Å². The zero-order valence-electron chi connectivity index (χ0n) is 15.2. The van der Waals surface area contributed by atoms with Crippen molar-refractivity contribution in [2.75, 3.05) is 11.9 Å². The van der Waals surface area contributed by atoms with E-state index in [0.29, 0.717) is 23.1 Å². The number of aromatic nitrogens is 1. The van der Waals surface area contributed by atoms with Gasteiger partial charge in [0.25, 0.3) is 0 Å². The van der Waals surface area contributed by atoms with Crippen molar-refractivity contribution in [1.29, 1.82) is 0 Å². The number of ether oxygens (including phenoxy) is 1. The average molecular weight is 421 g/mol. The summed E-state index contributed by atoms with van der Waals surface area (Å²) in [6.07, 6.45) is -3.81. The van der Waals surface area contributed by atoms with Crippen LogP contribution in [0.25, 0.3) is 0 Å². The molecule has 152 valence electrons. The molecular formula is C20H18F3N3O2S. The Hall–Kier alpha value is -3.07. The first-order valence-corrected chi connectivity index (χ1v) is 9.63. The lowest BCUT2D eigenvalue weighted by Crippen LogP contribution is -2.27. The molecule has 0 radical (unpaired) electrons. The van der Waals surface area contributed by atoms with Crippen LogP contribution in [0.15, 0.2) is 60.0 Å². The molecule has 0 spiro atoms. The van der Waals surface area contributed by atoms with E-state index in [1.165, 1.54) is 35.6 Å². The molecule has 0 aliphatic heterocycles. The fourth-order valence-electron chi connectivity index (χ4n) is 2.53. The number of hydrogen-bond acceptors (Lipinski definition) is 5.